The van der Waals surface area contributed by atoms with Crippen LogP contribution < -0.4 is 19.1 Å². The first kappa shape index (κ1) is 23.0. The lowest BCUT2D eigenvalue weighted by atomic mass is 10.1. The summed E-state index contributed by atoms with van der Waals surface area (Å²) in [7, 11) is 0.370. The summed E-state index contributed by atoms with van der Waals surface area (Å²) in [5.41, 5.74) is 1.43. The summed E-state index contributed by atoms with van der Waals surface area (Å²) in [6.07, 6.45) is 1.00. The van der Waals surface area contributed by atoms with Gasteiger partial charge in [-0.25, -0.2) is 13.2 Å². The zero-order valence-electron chi connectivity index (χ0n) is 17.4. The van der Waals surface area contributed by atoms with Crippen LogP contribution in [0.3, 0.4) is 0 Å². The fourth-order valence-corrected chi connectivity index (χ4v) is 3.65. The lowest BCUT2D eigenvalue weighted by Gasteiger charge is -2.23. The van der Waals surface area contributed by atoms with Crippen LogP contribution in [0.1, 0.15) is 15.9 Å². The number of hydrogen-bond donors (Lipinski definition) is 1. The average molecular weight is 436 g/mol. The second-order valence-corrected chi connectivity index (χ2v) is 8.23. The fourth-order valence-electron chi connectivity index (χ4n) is 2.80. The third-order valence-corrected chi connectivity index (χ3v) is 5.50. The number of carbonyl (C=O) groups is 2. The summed E-state index contributed by atoms with van der Waals surface area (Å²) in [6, 6.07) is 9.31. The quantitative estimate of drug-likeness (QED) is 0.632. The predicted molar refractivity (Wildman–Crippen MR) is 113 cm³/mol. The van der Waals surface area contributed by atoms with E-state index < -0.39 is 28.4 Å². The molecular formula is C20H24N2O7S. The third kappa shape index (κ3) is 5.20. The van der Waals surface area contributed by atoms with E-state index in [1.165, 1.54) is 33.5 Å². The van der Waals surface area contributed by atoms with Crippen molar-refractivity contribution in [3.05, 3.63) is 47.5 Å². The Morgan fingerprint density at radius 3 is 2.27 bits per heavy atom. The van der Waals surface area contributed by atoms with Crippen molar-refractivity contribution in [3.8, 4) is 11.5 Å². The molecule has 0 heterocycles. The van der Waals surface area contributed by atoms with E-state index in [4.69, 9.17) is 14.2 Å². The van der Waals surface area contributed by atoms with Gasteiger partial charge in [0.25, 0.3) is 0 Å². The van der Waals surface area contributed by atoms with Crippen molar-refractivity contribution >= 4 is 33.3 Å². The maximum Gasteiger partial charge on any atom is 0.338 e. The molecule has 2 aromatic rings. The van der Waals surface area contributed by atoms with E-state index in [0.717, 1.165) is 10.6 Å². The lowest BCUT2D eigenvalue weighted by molar-refractivity contribution is -0.114. The van der Waals surface area contributed by atoms with Crippen LogP contribution in [0.15, 0.2) is 36.4 Å². The van der Waals surface area contributed by atoms with Crippen molar-refractivity contribution in [2.45, 2.75) is 6.92 Å². The summed E-state index contributed by atoms with van der Waals surface area (Å²) in [6.45, 7) is 1.18. The van der Waals surface area contributed by atoms with Crippen molar-refractivity contribution in [1.29, 1.82) is 0 Å². The highest BCUT2D eigenvalue weighted by atomic mass is 32.2. The molecule has 2 rings (SSSR count). The number of anilines is 2. The van der Waals surface area contributed by atoms with Gasteiger partial charge in [-0.05, 0) is 36.8 Å². The average Bonchev–Trinajstić information content (AvgIpc) is 2.71. The molecule has 0 spiro atoms. The fraction of sp³-hybridized carbons (Fsp3) is 0.300. The Bertz CT molecular complexity index is 1050. The summed E-state index contributed by atoms with van der Waals surface area (Å²) >= 11 is 0. The van der Waals surface area contributed by atoms with Gasteiger partial charge in [0.05, 0.1) is 38.8 Å². The van der Waals surface area contributed by atoms with Crippen molar-refractivity contribution in [1.82, 2.24) is 0 Å². The Labute approximate surface area is 175 Å². The molecule has 10 heteroatoms. The minimum Gasteiger partial charge on any atom is -0.493 e. The second kappa shape index (κ2) is 9.49. The van der Waals surface area contributed by atoms with E-state index in [1.807, 2.05) is 0 Å². The molecule has 162 valence electrons. The summed E-state index contributed by atoms with van der Waals surface area (Å²) in [5, 5.41) is 2.64. The molecule has 1 N–H and O–H groups in total. The minimum atomic E-state index is -3.78. The second-order valence-electron chi connectivity index (χ2n) is 6.33. The maximum absolute atomic E-state index is 12.6. The predicted octanol–water partition coefficient (Wildman–Crippen LogP) is 2.20. The van der Waals surface area contributed by atoms with Crippen LogP contribution in [0.5, 0.6) is 11.5 Å². The zero-order valence-corrected chi connectivity index (χ0v) is 18.2. The molecule has 0 aliphatic heterocycles. The van der Waals surface area contributed by atoms with Gasteiger partial charge in [-0.3, -0.25) is 9.10 Å². The van der Waals surface area contributed by atoms with Gasteiger partial charge in [0, 0.05) is 11.8 Å². The van der Waals surface area contributed by atoms with E-state index in [-0.39, 0.29) is 5.69 Å². The number of sulfonamides is 1. The SMILES string of the molecule is COC(=O)c1cccc(NC(=O)CN(c2ccc(OC)c(OC)c2)S(C)(=O)=O)c1C. The minimum absolute atomic E-state index is 0.241. The first-order valence-corrected chi connectivity index (χ1v) is 10.6. The maximum atomic E-state index is 12.6. The smallest absolute Gasteiger partial charge is 0.338 e. The molecule has 1 amide bonds. The van der Waals surface area contributed by atoms with Crippen LogP contribution in [0.2, 0.25) is 0 Å². The molecule has 0 fully saturated rings. The monoisotopic (exact) mass is 436 g/mol. The Morgan fingerprint density at radius 1 is 1.03 bits per heavy atom. The van der Waals surface area contributed by atoms with Gasteiger partial charge in [-0.1, -0.05) is 6.07 Å². The number of nitrogens with zero attached hydrogens (tertiary/aromatic N) is 1. The first-order chi connectivity index (χ1) is 14.1. The molecule has 0 saturated carbocycles. The molecule has 2 aromatic carbocycles. The Balaban J connectivity index is 2.31. The van der Waals surface area contributed by atoms with Gasteiger partial charge in [-0.15, -0.1) is 0 Å². The molecule has 0 unspecified atom stereocenters. The van der Waals surface area contributed by atoms with Gasteiger partial charge in [-0.2, -0.15) is 0 Å². The van der Waals surface area contributed by atoms with Gasteiger partial charge < -0.3 is 19.5 Å². The third-order valence-electron chi connectivity index (χ3n) is 4.36. The van der Waals surface area contributed by atoms with Crippen LogP contribution in [0, 0.1) is 6.92 Å². The van der Waals surface area contributed by atoms with Crippen LogP contribution in [-0.2, 0) is 19.6 Å². The number of ether oxygens (including phenoxy) is 3. The van der Waals surface area contributed by atoms with E-state index in [2.05, 4.69) is 5.32 Å². The van der Waals surface area contributed by atoms with E-state index in [0.29, 0.717) is 28.3 Å². The number of carbonyl (C=O) groups excluding carboxylic acids is 2. The molecule has 9 nitrogen and oxygen atoms in total. The molecule has 0 aliphatic rings. The highest BCUT2D eigenvalue weighted by Crippen LogP contribution is 2.32. The van der Waals surface area contributed by atoms with Crippen molar-refractivity contribution < 1.29 is 32.2 Å². The molecule has 0 aromatic heterocycles. The molecule has 0 radical (unpaired) electrons. The van der Waals surface area contributed by atoms with Gasteiger partial charge in [0.2, 0.25) is 15.9 Å². The molecule has 0 bridgehead atoms. The Hall–Kier alpha value is -3.27. The van der Waals surface area contributed by atoms with Crippen LogP contribution in [0.25, 0.3) is 0 Å². The molecular weight excluding hydrogens is 412 g/mol. The number of nitrogens with one attached hydrogen (secondary N) is 1. The zero-order chi connectivity index (χ0) is 22.5. The lowest BCUT2D eigenvalue weighted by Crippen LogP contribution is -2.37. The first-order valence-electron chi connectivity index (χ1n) is 8.79. The summed E-state index contributed by atoms with van der Waals surface area (Å²) in [5.74, 6) is -0.368. The molecule has 0 saturated heterocycles. The Morgan fingerprint density at radius 2 is 1.70 bits per heavy atom. The van der Waals surface area contributed by atoms with Crippen molar-refractivity contribution in [3.63, 3.8) is 0 Å². The standard InChI is InChI=1S/C20H24N2O7S/c1-13-15(20(24)29-4)7-6-8-16(13)21-19(23)12-22(30(5,25)26)14-9-10-17(27-2)18(11-14)28-3/h6-11H,12H2,1-5H3,(H,21,23). The summed E-state index contributed by atoms with van der Waals surface area (Å²) < 4.78 is 40.7. The number of esters is 1. The molecule has 30 heavy (non-hydrogen) atoms. The van der Waals surface area contributed by atoms with E-state index in [1.54, 1.807) is 31.2 Å². The largest absolute Gasteiger partial charge is 0.493 e. The molecule has 0 aliphatic carbocycles. The highest BCUT2D eigenvalue weighted by Gasteiger charge is 2.23. The molecule has 0 atom stereocenters. The van der Waals surface area contributed by atoms with Crippen molar-refractivity contribution in [2.75, 3.05) is 43.8 Å². The summed E-state index contributed by atoms with van der Waals surface area (Å²) in [4.78, 5) is 24.5. The topological polar surface area (TPSA) is 111 Å². The number of methoxy groups -OCH3 is 3. The highest BCUT2D eigenvalue weighted by molar-refractivity contribution is 7.92. The number of hydrogen-bond acceptors (Lipinski definition) is 7. The van der Waals surface area contributed by atoms with Gasteiger partial charge in [0.1, 0.15) is 6.54 Å². The van der Waals surface area contributed by atoms with Gasteiger partial charge >= 0.3 is 5.97 Å². The number of amides is 1. The van der Waals surface area contributed by atoms with Crippen molar-refractivity contribution in [2.24, 2.45) is 0 Å². The van der Waals surface area contributed by atoms with Crippen LogP contribution >= 0.6 is 0 Å². The van der Waals surface area contributed by atoms with E-state index >= 15 is 0 Å². The van der Waals surface area contributed by atoms with E-state index in [9.17, 15) is 18.0 Å². The number of benzene rings is 2. The van der Waals surface area contributed by atoms with Gasteiger partial charge in [0.15, 0.2) is 11.5 Å². The van der Waals surface area contributed by atoms with Crippen LogP contribution in [-0.4, -0.2) is 54.4 Å². The number of rotatable bonds is 8. The van der Waals surface area contributed by atoms with Crippen LogP contribution in [0.4, 0.5) is 11.4 Å². The normalized spacial score (nSPS) is 10.8. The Kier molecular flexibility index (Phi) is 7.28.